The van der Waals surface area contributed by atoms with E-state index in [2.05, 4.69) is 46.5 Å². The Morgan fingerprint density at radius 1 is 0.793 bits per heavy atom. The molecule has 6 unspecified atom stereocenters. The zero-order valence-corrected chi connectivity index (χ0v) is 54.2. The first-order chi connectivity index (χ1) is 41.1. The van der Waals surface area contributed by atoms with E-state index in [1.54, 1.807) is 46.6 Å². The molecular weight excluding hydrogens is 1400 g/mol. The second-order valence-corrected chi connectivity index (χ2v) is 25.2. The maximum Gasteiger partial charge on any atom is 0.355 e. The molecule has 0 fully saturated rings. The Morgan fingerprint density at radius 2 is 1.45 bits per heavy atom. The molecular formula is C55H52N12O14S5W. The minimum Gasteiger partial charge on any atom is -0.499 e. The van der Waals surface area contributed by atoms with E-state index in [1.807, 2.05) is 20.8 Å². The average molecular weight is 1450 g/mol. The molecule has 0 saturated heterocycles. The number of methoxy groups -OCH3 is 2. The van der Waals surface area contributed by atoms with Crippen molar-refractivity contribution in [3.8, 4) is 38.4 Å². The molecule has 11 rings (SSSR count). The van der Waals surface area contributed by atoms with Gasteiger partial charge in [0.1, 0.15) is 125 Å². The van der Waals surface area contributed by atoms with Gasteiger partial charge in [-0.3, -0.25) is 24.0 Å². The molecule has 87 heavy (non-hydrogen) atoms. The first kappa shape index (κ1) is 62.3. The fourth-order valence-corrected chi connectivity index (χ4v) is 13.8. The molecule has 5 amide bonds. The topological polar surface area (TPSA) is 349 Å². The zero-order chi connectivity index (χ0) is 61.0. The number of nitrogens with one attached hydrogen (secondary N) is 5. The number of aromatic nitrogens is 7. The van der Waals surface area contributed by atoms with E-state index in [4.69, 9.17) is 33.7 Å². The van der Waals surface area contributed by atoms with Gasteiger partial charge in [0.25, 0.3) is 23.6 Å². The number of hydrogen-bond donors (Lipinski definition) is 7. The molecule has 10 heterocycles. The number of fused-ring (bicyclic) bond motifs is 15. The Morgan fingerprint density at radius 3 is 2.17 bits per heavy atom. The molecule has 3 aliphatic heterocycles. The van der Waals surface area contributed by atoms with Gasteiger partial charge in [-0.25, -0.2) is 39.5 Å². The number of aliphatic hydroxyl groups excluding tert-OH is 2. The van der Waals surface area contributed by atoms with Gasteiger partial charge in [-0.15, -0.1) is 56.7 Å². The number of amides is 5. The van der Waals surface area contributed by atoms with Crippen LogP contribution in [0.5, 0.6) is 5.75 Å². The number of aryl methyl sites for hydroxylation is 1. The van der Waals surface area contributed by atoms with Crippen LogP contribution in [0.2, 0.25) is 0 Å². The first-order valence-electron chi connectivity index (χ1n) is 26.2. The number of carbonyl (C=O) groups excluding carboxylic acids is 7. The van der Waals surface area contributed by atoms with E-state index in [0.29, 0.717) is 27.0 Å². The van der Waals surface area contributed by atoms with Gasteiger partial charge in [0.2, 0.25) is 5.91 Å². The quantitative estimate of drug-likeness (QED) is 0.0832. The molecule has 1 aromatic carbocycles. The Kier molecular flexibility index (Phi) is 18.0. The van der Waals surface area contributed by atoms with E-state index >= 15 is 0 Å². The summed E-state index contributed by atoms with van der Waals surface area (Å²) in [5, 5.41) is 45.6. The fraction of sp³-hybridized carbons (Fsp3) is 0.327. The number of esters is 2. The van der Waals surface area contributed by atoms with Crippen molar-refractivity contribution >= 4 is 115 Å². The van der Waals surface area contributed by atoms with Crippen LogP contribution in [0, 0.1) is 0 Å². The molecule has 452 valence electrons. The molecule has 8 aromatic rings. The van der Waals surface area contributed by atoms with Crippen LogP contribution in [0.25, 0.3) is 49.3 Å². The fourth-order valence-electron chi connectivity index (χ4n) is 9.58. The molecule has 3 aliphatic rings. The number of hydrogen-bond acceptors (Lipinski definition) is 25. The summed E-state index contributed by atoms with van der Waals surface area (Å²) in [5.41, 5.74) is 1.12. The van der Waals surface area contributed by atoms with E-state index in [0.717, 1.165) is 56.7 Å². The molecule has 0 spiro atoms. The van der Waals surface area contributed by atoms with Gasteiger partial charge in [-0.1, -0.05) is 12.1 Å². The molecule has 7 N–H and O–H groups in total. The van der Waals surface area contributed by atoms with E-state index in [-0.39, 0.29) is 116 Å². The van der Waals surface area contributed by atoms with Crippen molar-refractivity contribution in [2.45, 2.75) is 89.8 Å². The Hall–Kier alpha value is -7.74. The van der Waals surface area contributed by atoms with E-state index in [1.165, 1.54) is 44.2 Å². The van der Waals surface area contributed by atoms with Crippen LogP contribution in [0.1, 0.15) is 125 Å². The number of benzene rings is 1. The number of ether oxygens (including phenoxy) is 5. The Bertz CT molecular complexity index is 4100. The molecule has 7 aromatic heterocycles. The summed E-state index contributed by atoms with van der Waals surface area (Å²) in [6.45, 7) is 7.04. The van der Waals surface area contributed by atoms with Gasteiger partial charge in [0.05, 0.1) is 26.9 Å². The zero-order valence-electron chi connectivity index (χ0n) is 47.2. The van der Waals surface area contributed by atoms with Crippen molar-refractivity contribution in [3.05, 3.63) is 112 Å². The number of nitrogens with zero attached hydrogens (tertiary/aromatic N) is 7. The molecule has 26 nitrogen and oxygen atoms in total. The van der Waals surface area contributed by atoms with Gasteiger partial charge >= 0.3 is 11.9 Å². The van der Waals surface area contributed by atoms with Crippen molar-refractivity contribution < 1.29 is 88.5 Å². The number of rotatable bonds is 5. The van der Waals surface area contributed by atoms with Crippen LogP contribution in [0.3, 0.4) is 0 Å². The van der Waals surface area contributed by atoms with Gasteiger partial charge in [0, 0.05) is 82.6 Å². The number of allylic oxidation sites excluding steroid dienone is 1. The van der Waals surface area contributed by atoms with Crippen LogP contribution in [-0.4, -0.2) is 137 Å². The van der Waals surface area contributed by atoms with Crippen molar-refractivity contribution in [1.82, 2.24) is 61.1 Å². The van der Waals surface area contributed by atoms with Gasteiger partial charge in [-0.05, 0) is 52.3 Å². The monoisotopic (exact) mass is 1450 g/mol. The second kappa shape index (κ2) is 25.2. The minimum atomic E-state index is -2.11. The number of aliphatic hydroxyl groups is 2. The third-order valence-electron chi connectivity index (χ3n) is 13.8. The van der Waals surface area contributed by atoms with Gasteiger partial charge in [-0.2, -0.15) is 0 Å². The van der Waals surface area contributed by atoms with Crippen LogP contribution in [-0.2, 0) is 69.9 Å². The number of carbonyl (C=O) groups is 7. The van der Waals surface area contributed by atoms with Gasteiger partial charge < -0.3 is 65.0 Å². The summed E-state index contributed by atoms with van der Waals surface area (Å²) in [5.74, 6) is -5.53. The summed E-state index contributed by atoms with van der Waals surface area (Å²) in [6, 6.07) is 2.45. The number of pyridine rings is 1. The molecule has 0 saturated carbocycles. The number of thiazole rings is 5. The Balaban J connectivity index is 0.00000838. The standard InChI is InChI=1S/C55H52N12O14S5.W/c1-21(68)35-47(74)64-36(22(2)77-7)50-59-30(19-84-50)45(72)65-39-42-41(69)54(76)80-13-23-10-9-11-32-34(23)25(14-79-42)40(67(32)6)53(75)81-15-26(56-43(70)28-18-86-52(39)60-28)49-57-27(16-83-49)37-24(48-58-29(17-82-48)44(71)63-35)12-33(78-8)38(62-37)51-61-31(20-85-51)46(73)66-55(3,4)5;/h9-12,16-21,26,35,39,41-42,68-69H,13-15H2,1-8H3,(H,56,70)(H,63,71)(H,64,74)(H,65,72)(H,66,73);/b36-22+;. The molecule has 0 aliphatic carbocycles. The average Bonchev–Trinajstić information content (AvgIpc) is 1.77. The maximum absolute atomic E-state index is 14.8. The van der Waals surface area contributed by atoms with Crippen LogP contribution < -0.4 is 31.3 Å². The molecule has 0 radical (unpaired) electrons. The normalized spacial score (nSPS) is 20.3. The summed E-state index contributed by atoms with van der Waals surface area (Å²) in [7, 11) is 4.39. The molecule has 32 heteroatoms. The van der Waals surface area contributed by atoms with Crippen LogP contribution >= 0.6 is 56.7 Å². The third kappa shape index (κ3) is 12.4. The minimum absolute atomic E-state index is 0. The second-order valence-electron chi connectivity index (χ2n) is 20.8. The predicted molar refractivity (Wildman–Crippen MR) is 314 cm³/mol. The summed E-state index contributed by atoms with van der Waals surface area (Å²) in [4.78, 5) is 128. The summed E-state index contributed by atoms with van der Waals surface area (Å²) in [6.07, 6.45) is -5.32. The third-order valence-corrected chi connectivity index (χ3v) is 18.3. The van der Waals surface area contributed by atoms with Crippen molar-refractivity contribution in [1.29, 1.82) is 0 Å². The number of cyclic esters (lactones) is 2. The van der Waals surface area contributed by atoms with Crippen LogP contribution in [0.4, 0.5) is 0 Å². The van der Waals surface area contributed by atoms with E-state index < -0.39 is 96.7 Å². The molecule has 12 bridgehead atoms. The first-order valence-corrected chi connectivity index (χ1v) is 30.6. The van der Waals surface area contributed by atoms with E-state index in [9.17, 15) is 43.8 Å². The smallest absolute Gasteiger partial charge is 0.355 e. The maximum atomic E-state index is 14.8. The Labute approximate surface area is 528 Å². The summed E-state index contributed by atoms with van der Waals surface area (Å²) >= 11 is 5.06. The van der Waals surface area contributed by atoms with Crippen LogP contribution in [0.15, 0.2) is 56.9 Å². The summed E-state index contributed by atoms with van der Waals surface area (Å²) < 4.78 is 31.4. The van der Waals surface area contributed by atoms with Gasteiger partial charge in [0.15, 0.2) is 6.10 Å². The predicted octanol–water partition coefficient (Wildman–Crippen LogP) is 5.45. The SMILES string of the molecule is CO/C(C)=C1/NC(=O)C(C(C)O)NC(=O)c2csc(n2)-c2cc(OC)c(-c3nc(C(=O)NC(C)(C)C)cs3)nc2-c2csc(n2)C2COC(=O)c3c4c5c(cccc5n3C)COC(=O)C(O)C(OC4)C(NC(=O)c3csc1n3)c1nc(cs1)C(=O)N2.[W]. The molecule has 6 atom stereocenters. The van der Waals surface area contributed by atoms with Crippen molar-refractivity contribution in [2.24, 2.45) is 7.05 Å². The van der Waals surface area contributed by atoms with Crippen molar-refractivity contribution in [3.63, 3.8) is 0 Å². The largest absolute Gasteiger partial charge is 0.499 e. The van der Waals surface area contributed by atoms with Crippen molar-refractivity contribution in [2.75, 3.05) is 20.8 Å².